The first-order valence-corrected chi connectivity index (χ1v) is 11.9. The number of hydrogen-bond donors (Lipinski definition) is 2. The summed E-state index contributed by atoms with van der Waals surface area (Å²) < 4.78 is 33.9. The fourth-order valence-corrected chi connectivity index (χ4v) is 5.35. The summed E-state index contributed by atoms with van der Waals surface area (Å²) in [6.45, 7) is 0. The predicted molar refractivity (Wildman–Crippen MR) is 125 cm³/mol. The van der Waals surface area contributed by atoms with E-state index in [9.17, 15) is 9.50 Å². The molecule has 3 aromatic rings. The molecule has 2 aromatic heterocycles. The number of alkyl halides is 1. The molecule has 8 nitrogen and oxygen atoms in total. The number of phenolic OH excluding ortho intramolecular Hbond substituents is 1. The molecule has 2 N–H and O–H groups in total. The van der Waals surface area contributed by atoms with E-state index in [0.717, 1.165) is 32.1 Å². The highest BCUT2D eigenvalue weighted by molar-refractivity contribution is 5.74. The van der Waals surface area contributed by atoms with Gasteiger partial charge in [0.2, 0.25) is 5.95 Å². The molecule has 6 rings (SSSR count). The molecule has 2 saturated heterocycles. The highest BCUT2D eigenvalue weighted by Crippen LogP contribution is 2.40. The number of pyridine rings is 1. The Kier molecular flexibility index (Phi) is 5.47. The molecule has 1 saturated carbocycles. The molecular formula is C25H26F2N6O2. The molecule has 182 valence electrons. The van der Waals surface area contributed by atoms with Gasteiger partial charge < -0.3 is 20.1 Å². The van der Waals surface area contributed by atoms with Crippen LogP contribution in [0, 0.1) is 5.95 Å². The van der Waals surface area contributed by atoms with Gasteiger partial charge in [-0.05, 0) is 55.9 Å². The van der Waals surface area contributed by atoms with Gasteiger partial charge >= 0.3 is 0 Å². The third-order valence-electron chi connectivity index (χ3n) is 7.27. The van der Waals surface area contributed by atoms with E-state index >= 15 is 4.39 Å². The fourth-order valence-electron chi connectivity index (χ4n) is 5.35. The van der Waals surface area contributed by atoms with Crippen molar-refractivity contribution >= 4 is 5.95 Å². The van der Waals surface area contributed by atoms with Crippen molar-refractivity contribution in [2.45, 2.75) is 62.4 Å². The minimum atomic E-state index is -0.964. The molecule has 0 amide bonds. The van der Waals surface area contributed by atoms with Gasteiger partial charge in [0.15, 0.2) is 5.75 Å². The van der Waals surface area contributed by atoms with Gasteiger partial charge in [-0.1, -0.05) is 6.07 Å². The number of piperidine rings is 1. The van der Waals surface area contributed by atoms with Gasteiger partial charge in [0.25, 0.3) is 5.95 Å². The maximum Gasteiger partial charge on any atom is 0.255 e. The summed E-state index contributed by atoms with van der Waals surface area (Å²) >= 11 is 0. The monoisotopic (exact) mass is 480 g/mol. The van der Waals surface area contributed by atoms with E-state index in [-0.39, 0.29) is 29.6 Å². The number of fused-ring (bicyclic) bond motifs is 2. The van der Waals surface area contributed by atoms with Crippen LogP contribution in [0.25, 0.3) is 22.4 Å². The zero-order chi connectivity index (χ0) is 24.1. The van der Waals surface area contributed by atoms with Crippen molar-refractivity contribution in [2.75, 3.05) is 12.0 Å². The molecule has 4 heterocycles. The second kappa shape index (κ2) is 8.67. The van der Waals surface area contributed by atoms with Crippen molar-refractivity contribution in [1.29, 1.82) is 0 Å². The number of rotatable bonds is 6. The molecule has 1 aromatic carbocycles. The standard InChI is InChI=1S/C25H26F2N6O2/c1-35-22-9-14(11-28-24(22)27)13-2-6-17(21(34)8-13)19-12-29-25(32-31-19)33(16-4-5-16)20-10-15-3-7-18(30-15)23(20)26/h2,6,8-9,11-12,15-16,18,20,23,30,34H,3-5,7,10H2,1H3/t15-,18-,20+,23-/m0/s1. The number of ether oxygens (including phenoxy) is 1. The van der Waals surface area contributed by atoms with Crippen LogP contribution in [0.1, 0.15) is 32.1 Å². The molecule has 10 heteroatoms. The Bertz CT molecular complexity index is 1240. The van der Waals surface area contributed by atoms with Gasteiger partial charge in [-0.3, -0.25) is 0 Å². The Morgan fingerprint density at radius 2 is 1.91 bits per heavy atom. The molecule has 0 spiro atoms. The molecule has 2 bridgehead atoms. The quantitative estimate of drug-likeness (QED) is 0.516. The van der Waals surface area contributed by atoms with Crippen LogP contribution in [0.4, 0.5) is 14.7 Å². The summed E-state index contributed by atoms with van der Waals surface area (Å²) in [5.74, 6) is -0.262. The van der Waals surface area contributed by atoms with E-state index in [4.69, 9.17) is 4.74 Å². The summed E-state index contributed by atoms with van der Waals surface area (Å²) in [6, 6.07) is 6.79. The van der Waals surface area contributed by atoms with Gasteiger partial charge in [0, 0.05) is 35.4 Å². The molecule has 0 radical (unpaired) electrons. The number of aromatic nitrogens is 4. The van der Waals surface area contributed by atoms with Crippen molar-refractivity contribution in [3.05, 3.63) is 42.6 Å². The van der Waals surface area contributed by atoms with E-state index in [1.165, 1.54) is 19.4 Å². The number of nitrogens with zero attached hydrogens (tertiary/aromatic N) is 5. The smallest absolute Gasteiger partial charge is 0.255 e. The third-order valence-corrected chi connectivity index (χ3v) is 7.27. The summed E-state index contributed by atoms with van der Waals surface area (Å²) in [6.07, 6.45) is 6.60. The van der Waals surface area contributed by atoms with Crippen LogP contribution in [0.2, 0.25) is 0 Å². The number of benzene rings is 1. The lowest BCUT2D eigenvalue weighted by Crippen LogP contribution is -2.57. The largest absolute Gasteiger partial charge is 0.507 e. The Balaban J connectivity index is 1.26. The average Bonchev–Trinajstić information content (AvgIpc) is 3.62. The fraction of sp³-hybridized carbons (Fsp3) is 0.440. The van der Waals surface area contributed by atoms with E-state index in [0.29, 0.717) is 34.4 Å². The Hall–Kier alpha value is -3.40. The zero-order valence-electron chi connectivity index (χ0n) is 19.2. The van der Waals surface area contributed by atoms with E-state index in [2.05, 4.69) is 25.5 Å². The van der Waals surface area contributed by atoms with Crippen LogP contribution < -0.4 is 15.0 Å². The Labute approximate surface area is 201 Å². The highest BCUT2D eigenvalue weighted by atomic mass is 19.1. The maximum absolute atomic E-state index is 15.3. The van der Waals surface area contributed by atoms with Crippen LogP contribution in [0.3, 0.4) is 0 Å². The molecular weight excluding hydrogens is 454 g/mol. The van der Waals surface area contributed by atoms with Crippen molar-refractivity contribution in [3.63, 3.8) is 0 Å². The first-order chi connectivity index (χ1) is 17.0. The molecule has 0 unspecified atom stereocenters. The first kappa shape index (κ1) is 22.1. The Morgan fingerprint density at radius 1 is 1.06 bits per heavy atom. The number of nitrogens with one attached hydrogen (secondary N) is 1. The third kappa shape index (κ3) is 4.05. The highest BCUT2D eigenvalue weighted by Gasteiger charge is 2.48. The molecule has 3 aliphatic rings. The number of aromatic hydroxyl groups is 1. The molecule has 1 aliphatic carbocycles. The normalized spacial score (nSPS) is 25.5. The van der Waals surface area contributed by atoms with Crippen LogP contribution >= 0.6 is 0 Å². The lowest BCUT2D eigenvalue weighted by atomic mass is 9.96. The summed E-state index contributed by atoms with van der Waals surface area (Å²) in [4.78, 5) is 10.3. The van der Waals surface area contributed by atoms with Crippen molar-refractivity contribution in [1.82, 2.24) is 25.5 Å². The van der Waals surface area contributed by atoms with Crippen molar-refractivity contribution in [3.8, 4) is 33.9 Å². The number of hydrogen-bond acceptors (Lipinski definition) is 8. The number of anilines is 1. The lowest BCUT2D eigenvalue weighted by Gasteiger charge is -2.40. The minimum Gasteiger partial charge on any atom is -0.507 e. The van der Waals surface area contributed by atoms with E-state index in [1.54, 1.807) is 24.4 Å². The number of halogens is 2. The minimum absolute atomic E-state index is 0.0209. The van der Waals surface area contributed by atoms with Gasteiger partial charge in [-0.25, -0.2) is 14.4 Å². The molecule has 4 atom stereocenters. The predicted octanol–water partition coefficient (Wildman–Crippen LogP) is 3.65. The first-order valence-electron chi connectivity index (χ1n) is 11.9. The average molecular weight is 481 g/mol. The summed E-state index contributed by atoms with van der Waals surface area (Å²) in [7, 11) is 1.37. The number of phenols is 1. The lowest BCUT2D eigenvalue weighted by molar-refractivity contribution is 0.171. The molecule has 2 aliphatic heterocycles. The van der Waals surface area contributed by atoms with Gasteiger partial charge in [-0.2, -0.15) is 4.39 Å². The molecule has 3 fully saturated rings. The second-order valence-electron chi connectivity index (χ2n) is 9.53. The van der Waals surface area contributed by atoms with Crippen molar-refractivity contribution < 1.29 is 18.6 Å². The number of methoxy groups -OCH3 is 1. The SMILES string of the molecule is COc1cc(-c2ccc(-c3cnc(N(C4CC4)[C@@H]4C[C@@H]5CC[C@H](N5)[C@@H]4F)nn3)c(O)c2)cnc1F. The van der Waals surface area contributed by atoms with E-state index in [1.807, 2.05) is 4.90 Å². The zero-order valence-corrected chi connectivity index (χ0v) is 19.2. The van der Waals surface area contributed by atoms with Gasteiger partial charge in [0.05, 0.1) is 19.3 Å². The van der Waals surface area contributed by atoms with Crippen molar-refractivity contribution in [2.24, 2.45) is 0 Å². The maximum atomic E-state index is 15.3. The topological polar surface area (TPSA) is 96.3 Å². The van der Waals surface area contributed by atoms with Crippen LogP contribution in [-0.4, -0.2) is 62.7 Å². The Morgan fingerprint density at radius 3 is 2.63 bits per heavy atom. The van der Waals surface area contributed by atoms with Gasteiger partial charge in [0.1, 0.15) is 17.6 Å². The molecule has 35 heavy (non-hydrogen) atoms. The van der Waals surface area contributed by atoms with Crippen LogP contribution in [-0.2, 0) is 0 Å². The summed E-state index contributed by atoms with van der Waals surface area (Å²) in [5, 5.41) is 22.7. The van der Waals surface area contributed by atoms with Crippen LogP contribution in [0.15, 0.2) is 36.7 Å². The summed E-state index contributed by atoms with van der Waals surface area (Å²) in [5.41, 5.74) is 2.11. The van der Waals surface area contributed by atoms with Crippen LogP contribution in [0.5, 0.6) is 11.5 Å². The van der Waals surface area contributed by atoms with E-state index < -0.39 is 12.1 Å². The second-order valence-corrected chi connectivity index (χ2v) is 9.53. The van der Waals surface area contributed by atoms with Gasteiger partial charge in [-0.15, -0.1) is 10.2 Å².